The van der Waals surface area contributed by atoms with Crippen LogP contribution in [0, 0.1) is 11.6 Å². The first kappa shape index (κ1) is 16.6. The molecule has 0 heterocycles. The molecule has 4 heteroatoms. The maximum atomic E-state index is 13.6. The molecule has 98 valence electrons. The standard InChI is InChI=1S/C12H7F2.C3H7.BrH.Mg/c13-10-6-7-11(12(14)8-10)9-4-2-1-3-5-9;1-3-2;;/h2-8H;1,3H2,2H3;1H;. The number of halogens is 3. The van der Waals surface area contributed by atoms with Gasteiger partial charge in [-0.2, -0.15) is 3.69 Å². The molecule has 2 aromatic carbocycles. The van der Waals surface area contributed by atoms with E-state index in [1.54, 1.807) is 0 Å². The predicted octanol–water partition coefficient (Wildman–Crippen LogP) is 4.37. The summed E-state index contributed by atoms with van der Waals surface area (Å²) >= 11 is -0.177. The van der Waals surface area contributed by atoms with Crippen molar-refractivity contribution in [3.63, 3.8) is 0 Å². The fourth-order valence-electron chi connectivity index (χ4n) is 1.96. The van der Waals surface area contributed by atoms with Gasteiger partial charge < -0.3 is 0 Å². The summed E-state index contributed by atoms with van der Waals surface area (Å²) in [5, 5.41) is 0. The predicted molar refractivity (Wildman–Crippen MR) is 82.6 cm³/mol. The molecule has 0 saturated heterocycles. The van der Waals surface area contributed by atoms with Crippen molar-refractivity contribution in [2.45, 2.75) is 17.9 Å². The molecule has 0 amide bonds. The summed E-state index contributed by atoms with van der Waals surface area (Å²) in [6.07, 6.45) is 1.22. The zero-order valence-corrected chi connectivity index (χ0v) is 14.0. The van der Waals surface area contributed by atoms with Crippen molar-refractivity contribution in [1.29, 1.82) is 0 Å². The van der Waals surface area contributed by atoms with E-state index in [2.05, 4.69) is 19.1 Å². The van der Waals surface area contributed by atoms with Gasteiger partial charge in [0, 0.05) is 11.6 Å². The van der Waals surface area contributed by atoms with Crippen LogP contribution in [0.3, 0.4) is 0 Å². The van der Waals surface area contributed by atoms with E-state index in [1.807, 2.05) is 12.1 Å². The van der Waals surface area contributed by atoms with Gasteiger partial charge in [0.1, 0.15) is 11.6 Å². The Morgan fingerprint density at radius 1 is 1.00 bits per heavy atom. The van der Waals surface area contributed by atoms with E-state index >= 15 is 0 Å². The van der Waals surface area contributed by atoms with Gasteiger partial charge in [-0.1, -0.05) is 37.6 Å². The monoisotopic (exact) mass is 336 g/mol. The summed E-state index contributed by atoms with van der Waals surface area (Å²) in [5.41, 5.74) is 1.27. The molecule has 0 unspecified atom stereocenters. The first-order chi connectivity index (χ1) is 8.70. The summed E-state index contributed by atoms with van der Waals surface area (Å²) < 4.78 is 29.1. The van der Waals surface area contributed by atoms with E-state index in [0.29, 0.717) is 5.56 Å². The van der Waals surface area contributed by atoms with Gasteiger partial charge in [0.15, 0.2) is 0 Å². The topological polar surface area (TPSA) is 0 Å². The Kier molecular flexibility index (Phi) is 6.97. The Hall–Kier alpha value is -0.454. The Labute approximate surface area is 132 Å². The normalized spacial score (nSPS) is 9.63. The van der Waals surface area contributed by atoms with E-state index < -0.39 is 11.6 Å². The third-order valence-electron chi connectivity index (χ3n) is 3.02. The van der Waals surface area contributed by atoms with Gasteiger partial charge in [-0.3, -0.25) is 0 Å². The summed E-state index contributed by atoms with van der Waals surface area (Å²) in [7, 11) is 0. The summed E-state index contributed by atoms with van der Waals surface area (Å²) in [4.78, 5) is 0. The van der Waals surface area contributed by atoms with Crippen molar-refractivity contribution in [2.75, 3.05) is 0 Å². The Morgan fingerprint density at radius 2 is 1.68 bits per heavy atom. The largest absolute Gasteiger partial charge is 0.408 e. The summed E-state index contributed by atoms with van der Waals surface area (Å²) in [5.74, 6) is -1.04. The van der Waals surface area contributed by atoms with E-state index in [-0.39, 0.29) is 37.3 Å². The SMILES string of the molecule is Br.CC[CH2][Mg][c]1ccc(-c2ccc(F)cc2F)cc1. The quantitative estimate of drug-likeness (QED) is 0.727. The molecule has 0 spiro atoms. The molecule has 0 aliphatic heterocycles. The summed E-state index contributed by atoms with van der Waals surface area (Å²) in [6, 6.07) is 11.7. The maximum absolute atomic E-state index is 13.6. The van der Waals surface area contributed by atoms with E-state index in [0.717, 1.165) is 11.6 Å². The van der Waals surface area contributed by atoms with Crippen molar-refractivity contribution >= 4 is 41.0 Å². The average Bonchev–Trinajstić information content (AvgIpc) is 2.37. The van der Waals surface area contributed by atoms with Crippen LogP contribution in [0.5, 0.6) is 0 Å². The second kappa shape index (κ2) is 7.97. The molecular formula is C15H15BrF2Mg. The smallest absolute Gasteiger partial charge is 0.207 e. The lowest BCUT2D eigenvalue weighted by atomic mass is 10.1. The molecule has 2 rings (SSSR count). The maximum Gasteiger partial charge on any atom is 0.408 e. The zero-order chi connectivity index (χ0) is 13.0. The fraction of sp³-hybridized carbons (Fsp3) is 0.200. The molecule has 0 fully saturated rings. The van der Waals surface area contributed by atoms with Gasteiger partial charge in [-0.25, -0.2) is 8.78 Å². The minimum Gasteiger partial charge on any atom is -0.207 e. The highest BCUT2D eigenvalue weighted by Crippen LogP contribution is 2.22. The number of hydrogen-bond donors (Lipinski definition) is 0. The van der Waals surface area contributed by atoms with Gasteiger partial charge in [-0.05, 0) is 17.7 Å². The molecule has 0 saturated carbocycles. The van der Waals surface area contributed by atoms with Crippen LogP contribution in [0.25, 0.3) is 11.1 Å². The fourth-order valence-corrected chi connectivity index (χ4v) is 3.29. The van der Waals surface area contributed by atoms with Gasteiger partial charge in [-0.15, -0.1) is 21.5 Å². The van der Waals surface area contributed by atoms with Crippen molar-refractivity contribution in [3.8, 4) is 11.1 Å². The van der Waals surface area contributed by atoms with Crippen LogP contribution in [0.4, 0.5) is 8.78 Å². The van der Waals surface area contributed by atoms with Crippen LogP contribution < -0.4 is 3.69 Å². The lowest BCUT2D eigenvalue weighted by molar-refractivity contribution is 0.585. The number of benzene rings is 2. The highest BCUT2D eigenvalue weighted by molar-refractivity contribution is 8.93. The molecule has 0 aliphatic carbocycles. The van der Waals surface area contributed by atoms with Crippen LogP contribution in [0.1, 0.15) is 13.3 Å². The molecule has 19 heavy (non-hydrogen) atoms. The molecule has 0 nitrogen and oxygen atoms in total. The molecule has 0 bridgehead atoms. The molecule has 2 aromatic rings. The Morgan fingerprint density at radius 3 is 2.26 bits per heavy atom. The first-order valence-corrected chi connectivity index (χ1v) is 7.96. The molecule has 0 aliphatic rings. The molecule has 0 aromatic heterocycles. The van der Waals surface area contributed by atoms with E-state index in [9.17, 15) is 8.78 Å². The van der Waals surface area contributed by atoms with E-state index in [1.165, 1.54) is 26.8 Å². The third kappa shape index (κ3) is 4.54. The number of hydrogen-bond acceptors (Lipinski definition) is 0. The van der Waals surface area contributed by atoms with E-state index in [4.69, 9.17) is 0 Å². The van der Waals surface area contributed by atoms with Gasteiger partial charge in [0.25, 0.3) is 0 Å². The lowest BCUT2D eigenvalue weighted by Crippen LogP contribution is -2.12. The summed E-state index contributed by atoms with van der Waals surface area (Å²) in [6.45, 7) is 2.19. The van der Waals surface area contributed by atoms with Crippen molar-refractivity contribution in [1.82, 2.24) is 0 Å². The van der Waals surface area contributed by atoms with Gasteiger partial charge in [0.05, 0.1) is 0 Å². The van der Waals surface area contributed by atoms with Gasteiger partial charge in [0.2, 0.25) is 0 Å². The minimum atomic E-state index is -0.539. The highest BCUT2D eigenvalue weighted by atomic mass is 79.9. The van der Waals surface area contributed by atoms with Crippen molar-refractivity contribution < 1.29 is 8.78 Å². The Balaban J connectivity index is 0.00000180. The Bertz CT molecular complexity index is 526. The second-order valence-electron chi connectivity index (χ2n) is 4.42. The first-order valence-electron chi connectivity index (χ1n) is 6.25. The third-order valence-corrected chi connectivity index (χ3v) is 5.12. The second-order valence-corrected chi connectivity index (χ2v) is 6.45. The molecule has 0 atom stereocenters. The lowest BCUT2D eigenvalue weighted by Gasteiger charge is -2.05. The zero-order valence-electron chi connectivity index (χ0n) is 10.8. The average molecular weight is 337 g/mol. The van der Waals surface area contributed by atoms with Crippen LogP contribution in [-0.4, -0.2) is 20.4 Å². The van der Waals surface area contributed by atoms with Crippen LogP contribution in [0.2, 0.25) is 4.55 Å². The number of rotatable bonds is 4. The van der Waals surface area contributed by atoms with Crippen LogP contribution >= 0.6 is 17.0 Å². The van der Waals surface area contributed by atoms with Gasteiger partial charge >= 0.3 is 20.4 Å². The molecular weight excluding hydrogens is 322 g/mol. The molecule has 0 N–H and O–H groups in total. The van der Waals surface area contributed by atoms with Crippen LogP contribution in [-0.2, 0) is 0 Å². The van der Waals surface area contributed by atoms with Crippen LogP contribution in [0.15, 0.2) is 42.5 Å². The molecule has 0 radical (unpaired) electrons. The minimum absolute atomic E-state index is 0. The van der Waals surface area contributed by atoms with Crippen molar-refractivity contribution in [2.24, 2.45) is 0 Å². The highest BCUT2D eigenvalue weighted by Gasteiger charge is 2.06. The van der Waals surface area contributed by atoms with Crippen molar-refractivity contribution in [3.05, 3.63) is 54.1 Å².